The maximum atomic E-state index is 16.2. The Morgan fingerprint density at radius 3 is 1.35 bits per heavy atom. The minimum absolute atomic E-state index is 0.0888. The Labute approximate surface area is 421 Å². The van der Waals surface area contributed by atoms with Crippen LogP contribution in [0, 0.1) is 36.2 Å². The number of nitrogens with one attached hydrogen (secondary N) is 1. The lowest BCUT2D eigenvalue weighted by Crippen LogP contribution is -2.20. The van der Waals surface area contributed by atoms with Crippen molar-refractivity contribution in [3.8, 4) is 22.3 Å². The summed E-state index contributed by atoms with van der Waals surface area (Å²) in [4.78, 5) is 1.95. The zero-order valence-electron chi connectivity index (χ0n) is 46.9. The summed E-state index contributed by atoms with van der Waals surface area (Å²) in [5, 5.41) is 3.16. The molecule has 2 aliphatic carbocycles. The molecule has 2 atom stereocenters. The third-order valence-corrected chi connectivity index (χ3v) is 9.38. The van der Waals surface area contributed by atoms with Crippen LogP contribution in [0.3, 0.4) is 0 Å². The molecule has 1 fully saturated rings. The van der Waals surface area contributed by atoms with Gasteiger partial charge in [-0.05, 0) is 108 Å². The van der Waals surface area contributed by atoms with Gasteiger partial charge < -0.3 is 10.2 Å². The molecular formula is C64H93F3N2. The van der Waals surface area contributed by atoms with Crippen molar-refractivity contribution >= 4 is 28.3 Å². The number of halogens is 3. The molecule has 6 aromatic carbocycles. The van der Waals surface area contributed by atoms with E-state index in [0.717, 1.165) is 45.8 Å². The van der Waals surface area contributed by atoms with Crippen molar-refractivity contribution in [2.24, 2.45) is 11.8 Å². The van der Waals surface area contributed by atoms with Crippen LogP contribution in [0.15, 0.2) is 157 Å². The molecule has 1 saturated carbocycles. The van der Waals surface area contributed by atoms with E-state index in [1.54, 1.807) is 13.0 Å². The average Bonchev–Trinajstić information content (AvgIpc) is 4.24. The lowest BCUT2D eigenvalue weighted by molar-refractivity contribution is 0.581. The fraction of sp³-hybridized carbons (Fsp3) is 0.375. The molecule has 0 aromatic heterocycles. The fourth-order valence-electron chi connectivity index (χ4n) is 6.98. The molecule has 0 heterocycles. The molecular weight excluding hydrogens is 854 g/mol. The second-order valence-electron chi connectivity index (χ2n) is 12.7. The number of nitrogens with zero attached hydrogens (tertiary/aromatic N) is 1. The molecule has 0 saturated heterocycles. The summed E-state index contributed by atoms with van der Waals surface area (Å²) in [5.74, 6) is -1.80. The number of benzene rings is 6. The minimum Gasteiger partial charge on any atom is -0.355 e. The lowest BCUT2D eigenvalue weighted by atomic mass is 9.93. The normalized spacial score (nSPS) is 12.5. The highest BCUT2D eigenvalue weighted by molar-refractivity contribution is 5.84. The van der Waals surface area contributed by atoms with Gasteiger partial charge in [0.1, 0.15) is 17.5 Å². The van der Waals surface area contributed by atoms with Gasteiger partial charge in [-0.2, -0.15) is 0 Å². The van der Waals surface area contributed by atoms with Crippen molar-refractivity contribution in [1.82, 2.24) is 0 Å². The maximum Gasteiger partial charge on any atom is 0.136 e. The second kappa shape index (κ2) is 41.2. The van der Waals surface area contributed by atoms with Gasteiger partial charge in [0.15, 0.2) is 0 Å². The molecule has 2 unspecified atom stereocenters. The number of para-hydroxylation sites is 2. The molecule has 0 bridgehead atoms. The van der Waals surface area contributed by atoms with Crippen LogP contribution in [0.2, 0.25) is 0 Å². The number of anilines is 4. The first kappa shape index (κ1) is 67.5. The van der Waals surface area contributed by atoms with Crippen molar-refractivity contribution in [3.05, 3.63) is 186 Å². The molecule has 2 aliphatic rings. The molecule has 0 radical (unpaired) electrons. The zero-order valence-corrected chi connectivity index (χ0v) is 46.9. The van der Waals surface area contributed by atoms with Crippen LogP contribution in [0.5, 0.6) is 0 Å². The highest BCUT2D eigenvalue weighted by Crippen LogP contribution is 2.54. The van der Waals surface area contributed by atoms with Crippen LogP contribution in [-0.2, 0) is 0 Å². The number of allylic oxidation sites excluding steroid dienone is 4. The van der Waals surface area contributed by atoms with Crippen molar-refractivity contribution in [2.75, 3.05) is 10.2 Å². The first-order chi connectivity index (χ1) is 33.9. The van der Waals surface area contributed by atoms with E-state index < -0.39 is 17.5 Å². The van der Waals surface area contributed by atoms with E-state index in [1.165, 1.54) is 18.2 Å². The van der Waals surface area contributed by atoms with E-state index in [1.807, 2.05) is 222 Å². The Morgan fingerprint density at radius 1 is 0.420 bits per heavy atom. The Balaban J connectivity index is -0.00000195. The van der Waals surface area contributed by atoms with E-state index in [4.69, 9.17) is 0 Å². The number of hydrogen-bond donors (Lipinski definition) is 1. The summed E-state index contributed by atoms with van der Waals surface area (Å²) in [6, 6.07) is 43.4. The smallest absolute Gasteiger partial charge is 0.136 e. The van der Waals surface area contributed by atoms with Crippen molar-refractivity contribution in [2.45, 2.75) is 152 Å². The van der Waals surface area contributed by atoms with Gasteiger partial charge in [0.25, 0.3) is 0 Å². The highest BCUT2D eigenvalue weighted by Gasteiger charge is 2.44. The summed E-state index contributed by atoms with van der Waals surface area (Å²) in [6.45, 7) is 41.7. The number of fused-ring (bicyclic) bond motifs is 1. The molecule has 5 heteroatoms. The van der Waals surface area contributed by atoms with Crippen LogP contribution in [-0.4, -0.2) is 0 Å². The van der Waals surface area contributed by atoms with Crippen molar-refractivity contribution in [3.63, 3.8) is 0 Å². The van der Waals surface area contributed by atoms with Crippen LogP contribution < -0.4 is 10.2 Å². The van der Waals surface area contributed by atoms with Crippen LogP contribution in [0.4, 0.5) is 35.9 Å². The van der Waals surface area contributed by atoms with Gasteiger partial charge in [-0.15, -0.1) is 0 Å². The number of hydrogen-bond acceptors (Lipinski definition) is 2. The van der Waals surface area contributed by atoms with E-state index in [2.05, 4.69) is 53.9 Å². The van der Waals surface area contributed by atoms with E-state index in [9.17, 15) is 0 Å². The van der Waals surface area contributed by atoms with Crippen LogP contribution in [0.25, 0.3) is 27.8 Å². The minimum atomic E-state index is -0.822. The van der Waals surface area contributed by atoms with Crippen LogP contribution >= 0.6 is 0 Å². The van der Waals surface area contributed by atoms with Crippen LogP contribution in [0.1, 0.15) is 156 Å². The van der Waals surface area contributed by atoms with Gasteiger partial charge >= 0.3 is 0 Å². The predicted octanol–water partition coefficient (Wildman–Crippen LogP) is 22.5. The molecule has 380 valence electrons. The van der Waals surface area contributed by atoms with Gasteiger partial charge in [-0.1, -0.05) is 229 Å². The lowest BCUT2D eigenvalue weighted by Gasteiger charge is -2.30. The topological polar surface area (TPSA) is 15.3 Å². The number of rotatable bonds is 8. The quantitative estimate of drug-likeness (QED) is 0.164. The molecule has 0 aliphatic heterocycles. The Kier molecular flexibility index (Phi) is 40.3. The summed E-state index contributed by atoms with van der Waals surface area (Å²) in [5.41, 5.74) is 7.78. The monoisotopic (exact) mass is 947 g/mol. The predicted molar refractivity (Wildman–Crippen MR) is 308 cm³/mol. The molecule has 0 spiro atoms. The molecule has 2 nitrogen and oxygen atoms in total. The SMILES string of the molecule is CC.CC.CC.CC.CC.CC.CC.CC.CC.CC.Cc1cc(Nc2ccccc2)cc(F)c1-c1c(F)cc(N(C2=CC(c3cccc(-c4ccccc4)c3)=CC3CC23)c2ccccc2)cc1F. The van der Waals surface area contributed by atoms with Gasteiger partial charge in [0.2, 0.25) is 0 Å². The summed E-state index contributed by atoms with van der Waals surface area (Å²) >= 11 is 0. The Hall–Kier alpha value is -5.81. The number of aryl methyl sites for hydroxylation is 1. The molecule has 1 N–H and O–H groups in total. The Morgan fingerprint density at radius 2 is 0.855 bits per heavy atom. The van der Waals surface area contributed by atoms with Gasteiger partial charge in [0.05, 0.1) is 11.3 Å². The fourth-order valence-corrected chi connectivity index (χ4v) is 6.98. The summed E-state index contributed by atoms with van der Waals surface area (Å²) in [7, 11) is 0. The van der Waals surface area contributed by atoms with Crippen molar-refractivity contribution < 1.29 is 13.2 Å². The summed E-state index contributed by atoms with van der Waals surface area (Å²) in [6.07, 6.45) is 5.42. The molecule has 6 aromatic rings. The third-order valence-electron chi connectivity index (χ3n) is 9.38. The standard InChI is InChI=1S/C44H33F3N2.10C2H6/c1-28-20-35(48-34-16-7-3-8-17-34)25-39(45)43(28)44-40(46)26-37(27-41(44)47)49(36-18-9-4-10-19-36)42-24-32(22-33-23-38(33)42)31-15-11-14-30(21-31)29-12-5-2-6-13-29;10*1-2/h2-22,24-27,33,38,48H,23H2,1H3;10*1-2H3. The first-order valence-electron chi connectivity index (χ1n) is 26.5. The van der Waals surface area contributed by atoms with E-state index >= 15 is 13.2 Å². The largest absolute Gasteiger partial charge is 0.355 e. The zero-order chi connectivity index (χ0) is 53.5. The van der Waals surface area contributed by atoms with E-state index in [0.29, 0.717) is 22.9 Å². The van der Waals surface area contributed by atoms with Gasteiger partial charge in [-0.25, -0.2) is 13.2 Å². The summed E-state index contributed by atoms with van der Waals surface area (Å²) < 4.78 is 48.1. The first-order valence-corrected chi connectivity index (χ1v) is 26.5. The van der Waals surface area contributed by atoms with E-state index in [-0.39, 0.29) is 17.0 Å². The molecule has 8 rings (SSSR count). The third kappa shape index (κ3) is 20.0. The van der Waals surface area contributed by atoms with Gasteiger partial charge in [0, 0.05) is 34.2 Å². The second-order valence-corrected chi connectivity index (χ2v) is 12.7. The Bertz CT molecular complexity index is 2180. The average molecular weight is 947 g/mol. The van der Waals surface area contributed by atoms with Gasteiger partial charge in [-0.3, -0.25) is 0 Å². The van der Waals surface area contributed by atoms with Crippen molar-refractivity contribution in [1.29, 1.82) is 0 Å². The maximum absolute atomic E-state index is 16.2. The highest BCUT2D eigenvalue weighted by atomic mass is 19.1. The molecule has 0 amide bonds. The molecule has 69 heavy (non-hydrogen) atoms.